The lowest BCUT2D eigenvalue weighted by molar-refractivity contribution is -0.145. The molecule has 3 rings (SSSR count). The predicted octanol–water partition coefficient (Wildman–Crippen LogP) is 2.21. The lowest BCUT2D eigenvalue weighted by Crippen LogP contribution is -2.44. The Hall–Kier alpha value is -2.63. The van der Waals surface area contributed by atoms with Gasteiger partial charge >= 0.3 is 0 Å². The molecule has 0 aliphatic carbocycles. The van der Waals surface area contributed by atoms with Crippen LogP contribution in [0.25, 0.3) is 0 Å². The van der Waals surface area contributed by atoms with Gasteiger partial charge in [-0.1, -0.05) is 6.07 Å². The Morgan fingerprint density at radius 1 is 1.13 bits per heavy atom. The van der Waals surface area contributed by atoms with Crippen molar-refractivity contribution in [3.8, 4) is 11.8 Å². The molecule has 0 N–H and O–H groups in total. The highest BCUT2D eigenvalue weighted by Gasteiger charge is 2.33. The Morgan fingerprint density at radius 2 is 1.94 bits per heavy atom. The summed E-state index contributed by atoms with van der Waals surface area (Å²) in [5.41, 5.74) is 0.636. The van der Waals surface area contributed by atoms with Crippen molar-refractivity contribution < 1.29 is 23.8 Å². The molecule has 1 fully saturated rings. The van der Waals surface area contributed by atoms with Crippen LogP contribution in [0.3, 0.4) is 0 Å². The number of rotatable bonds is 1. The van der Waals surface area contributed by atoms with Crippen LogP contribution in [0, 0.1) is 11.3 Å². The second-order valence-corrected chi connectivity index (χ2v) is 8.19. The van der Waals surface area contributed by atoms with Crippen molar-refractivity contribution in [3.05, 3.63) is 29.3 Å². The van der Waals surface area contributed by atoms with Gasteiger partial charge in [-0.05, 0) is 37.8 Å². The van der Waals surface area contributed by atoms with Crippen LogP contribution in [0.2, 0.25) is 0 Å². The number of fused-ring (bicyclic) bond motifs is 3. The zero-order valence-electron chi connectivity index (χ0n) is 18.5. The standard InChI is InChI=1S/C23H31N3O5/c1-25-13-11-17-9-10-19(29-3)20(31-17)15-30-22-16(14-24)6-4-7-18(22)23(28)26(2)12-5-8-21(25)27/h4,6-7,17,19-20H,5,8-13,15H2,1-3H3/t17-,19-,20+/m0/s1. The van der Waals surface area contributed by atoms with E-state index in [0.29, 0.717) is 37.1 Å². The summed E-state index contributed by atoms with van der Waals surface area (Å²) in [7, 11) is 5.15. The van der Waals surface area contributed by atoms with Gasteiger partial charge in [0.25, 0.3) is 5.91 Å². The van der Waals surface area contributed by atoms with Crippen LogP contribution in [0.5, 0.6) is 5.75 Å². The van der Waals surface area contributed by atoms with E-state index in [-0.39, 0.29) is 42.5 Å². The zero-order valence-corrected chi connectivity index (χ0v) is 18.5. The minimum atomic E-state index is -0.329. The number of ether oxygens (including phenoxy) is 3. The number of carbonyl (C=O) groups is 2. The van der Waals surface area contributed by atoms with Crippen LogP contribution < -0.4 is 4.74 Å². The molecule has 1 saturated heterocycles. The maximum atomic E-state index is 13.1. The van der Waals surface area contributed by atoms with Crippen LogP contribution in [-0.2, 0) is 14.3 Å². The first-order valence-corrected chi connectivity index (χ1v) is 10.8. The SMILES string of the molecule is CO[C@H]1CC[C@H]2CCN(C)C(=O)CCCN(C)C(=O)c3cccc(C#N)c3OC[C@H]1O2. The van der Waals surface area contributed by atoms with Crippen LogP contribution in [0.1, 0.15) is 48.0 Å². The third-order valence-electron chi connectivity index (χ3n) is 6.06. The summed E-state index contributed by atoms with van der Waals surface area (Å²) in [5, 5.41) is 9.56. The first-order valence-electron chi connectivity index (χ1n) is 10.8. The van der Waals surface area contributed by atoms with Gasteiger partial charge in [0.15, 0.2) is 0 Å². The number of amides is 2. The average molecular weight is 430 g/mol. The highest BCUT2D eigenvalue weighted by atomic mass is 16.6. The average Bonchev–Trinajstić information content (AvgIpc) is 2.79. The summed E-state index contributed by atoms with van der Waals surface area (Å²) in [6, 6.07) is 7.09. The van der Waals surface area contributed by atoms with E-state index in [1.807, 2.05) is 0 Å². The molecule has 8 nitrogen and oxygen atoms in total. The Kier molecular flexibility index (Phi) is 7.88. The first kappa shape index (κ1) is 23.0. The number of carbonyl (C=O) groups excluding carboxylic acids is 2. The van der Waals surface area contributed by atoms with E-state index in [9.17, 15) is 14.9 Å². The third-order valence-corrected chi connectivity index (χ3v) is 6.06. The van der Waals surface area contributed by atoms with Crippen molar-refractivity contribution in [2.45, 2.75) is 50.4 Å². The second-order valence-electron chi connectivity index (χ2n) is 8.19. The number of nitriles is 1. The fourth-order valence-electron chi connectivity index (χ4n) is 4.11. The van der Waals surface area contributed by atoms with Gasteiger partial charge in [-0.3, -0.25) is 9.59 Å². The van der Waals surface area contributed by atoms with E-state index >= 15 is 0 Å². The Labute approximate surface area is 183 Å². The fourth-order valence-corrected chi connectivity index (χ4v) is 4.11. The van der Waals surface area contributed by atoms with Crippen LogP contribution in [0.15, 0.2) is 18.2 Å². The molecule has 8 heteroatoms. The molecule has 1 aromatic carbocycles. The van der Waals surface area contributed by atoms with Gasteiger partial charge in [0.1, 0.15) is 24.5 Å². The Balaban J connectivity index is 1.90. The molecule has 2 heterocycles. The molecule has 0 radical (unpaired) electrons. The number of hydrogen-bond acceptors (Lipinski definition) is 6. The summed E-state index contributed by atoms with van der Waals surface area (Å²) >= 11 is 0. The summed E-state index contributed by atoms with van der Waals surface area (Å²) in [4.78, 5) is 28.8. The molecule has 0 aromatic heterocycles. The number of nitrogens with zero attached hydrogens (tertiary/aromatic N) is 3. The summed E-state index contributed by atoms with van der Waals surface area (Å²) < 4.78 is 17.9. The lowest BCUT2D eigenvalue weighted by Gasteiger charge is -2.36. The molecule has 0 saturated carbocycles. The zero-order chi connectivity index (χ0) is 22.4. The van der Waals surface area contributed by atoms with Crippen molar-refractivity contribution in [2.75, 3.05) is 40.9 Å². The summed E-state index contributed by atoms with van der Waals surface area (Å²) in [6.45, 7) is 1.23. The Bertz CT molecular complexity index is 837. The quantitative estimate of drug-likeness (QED) is 0.680. The van der Waals surface area contributed by atoms with E-state index < -0.39 is 0 Å². The summed E-state index contributed by atoms with van der Waals surface area (Å²) in [5.74, 6) is 0.0848. The number of methoxy groups -OCH3 is 1. The molecule has 2 amide bonds. The molecular weight excluding hydrogens is 398 g/mol. The number of benzene rings is 1. The molecule has 0 unspecified atom stereocenters. The number of para-hydroxylation sites is 1. The third kappa shape index (κ3) is 5.54. The molecule has 0 spiro atoms. The van der Waals surface area contributed by atoms with Crippen molar-refractivity contribution >= 4 is 11.8 Å². The summed E-state index contributed by atoms with van der Waals surface area (Å²) in [6.07, 6.45) is 2.89. The smallest absolute Gasteiger partial charge is 0.257 e. The van der Waals surface area contributed by atoms with Gasteiger partial charge in [0.05, 0.1) is 23.3 Å². The Morgan fingerprint density at radius 3 is 2.68 bits per heavy atom. The van der Waals surface area contributed by atoms with E-state index in [0.717, 1.165) is 19.3 Å². The molecule has 31 heavy (non-hydrogen) atoms. The number of hydrogen-bond donors (Lipinski definition) is 0. The molecule has 3 atom stereocenters. The topological polar surface area (TPSA) is 92.1 Å². The van der Waals surface area contributed by atoms with Crippen LogP contribution in [-0.4, -0.2) is 80.8 Å². The van der Waals surface area contributed by atoms with Crippen molar-refractivity contribution in [1.29, 1.82) is 5.26 Å². The van der Waals surface area contributed by atoms with E-state index in [1.54, 1.807) is 49.2 Å². The van der Waals surface area contributed by atoms with Gasteiger partial charge < -0.3 is 24.0 Å². The highest BCUT2D eigenvalue weighted by molar-refractivity contribution is 5.97. The van der Waals surface area contributed by atoms with Gasteiger partial charge in [0, 0.05) is 40.7 Å². The molecule has 2 aliphatic rings. The van der Waals surface area contributed by atoms with Gasteiger partial charge in [-0.2, -0.15) is 5.26 Å². The van der Waals surface area contributed by atoms with Gasteiger partial charge in [0.2, 0.25) is 5.91 Å². The van der Waals surface area contributed by atoms with Crippen LogP contribution >= 0.6 is 0 Å². The van der Waals surface area contributed by atoms with Crippen molar-refractivity contribution in [1.82, 2.24) is 9.80 Å². The molecule has 168 valence electrons. The predicted molar refractivity (Wildman–Crippen MR) is 114 cm³/mol. The molecule has 2 aliphatic heterocycles. The van der Waals surface area contributed by atoms with Crippen LogP contribution in [0.4, 0.5) is 0 Å². The minimum absolute atomic E-state index is 0.00148. The van der Waals surface area contributed by atoms with E-state index in [2.05, 4.69) is 6.07 Å². The van der Waals surface area contributed by atoms with Crippen molar-refractivity contribution in [2.24, 2.45) is 0 Å². The maximum Gasteiger partial charge on any atom is 0.257 e. The van der Waals surface area contributed by atoms with E-state index in [1.165, 1.54) is 0 Å². The lowest BCUT2D eigenvalue weighted by atomic mass is 9.99. The fraction of sp³-hybridized carbons (Fsp3) is 0.609. The monoisotopic (exact) mass is 429 g/mol. The molecule has 2 bridgehead atoms. The second kappa shape index (κ2) is 10.6. The van der Waals surface area contributed by atoms with Gasteiger partial charge in [-0.15, -0.1) is 0 Å². The highest BCUT2D eigenvalue weighted by Crippen LogP contribution is 2.29. The largest absolute Gasteiger partial charge is 0.489 e. The molecular formula is C23H31N3O5. The maximum absolute atomic E-state index is 13.1. The minimum Gasteiger partial charge on any atom is -0.489 e. The van der Waals surface area contributed by atoms with E-state index in [4.69, 9.17) is 14.2 Å². The van der Waals surface area contributed by atoms with Gasteiger partial charge in [-0.25, -0.2) is 0 Å². The molecule has 1 aromatic rings. The first-order chi connectivity index (χ1) is 14.9. The van der Waals surface area contributed by atoms with Crippen molar-refractivity contribution in [3.63, 3.8) is 0 Å². The normalized spacial score (nSPS) is 26.1.